The molecule has 5 rings (SSSR count). The monoisotopic (exact) mass is 589 g/mol. The Bertz CT molecular complexity index is 1550. The number of Topliss-reactive ketones (excluding diaryl/α,β-unsaturated/α-hetero) is 1. The molecule has 0 radical (unpaired) electrons. The van der Waals surface area contributed by atoms with Crippen molar-refractivity contribution >= 4 is 21.7 Å². The molecule has 9 nitrogen and oxygen atoms in total. The number of ketones is 1. The second-order valence-corrected chi connectivity index (χ2v) is 11.3. The van der Waals surface area contributed by atoms with Crippen molar-refractivity contribution in [1.29, 1.82) is 5.26 Å². The number of nitrogens with two attached hydrogens (primary N) is 1. The smallest absolute Gasteiger partial charge is 0.205 e. The van der Waals surface area contributed by atoms with Crippen LogP contribution in [0.25, 0.3) is 0 Å². The van der Waals surface area contributed by atoms with E-state index in [1.54, 1.807) is 17.9 Å². The van der Waals surface area contributed by atoms with Crippen molar-refractivity contribution in [1.82, 2.24) is 15.0 Å². The Morgan fingerprint density at radius 2 is 2.08 bits per heavy atom. The first kappa shape index (κ1) is 26.5. The van der Waals surface area contributed by atoms with Gasteiger partial charge < -0.3 is 19.9 Å². The number of nitriles is 1. The van der Waals surface area contributed by atoms with E-state index < -0.39 is 5.92 Å². The van der Waals surface area contributed by atoms with Crippen molar-refractivity contribution in [2.75, 3.05) is 7.11 Å². The Labute approximate surface area is 235 Å². The highest BCUT2D eigenvalue weighted by atomic mass is 79.9. The quantitative estimate of drug-likeness (QED) is 0.402. The van der Waals surface area contributed by atoms with Crippen LogP contribution in [0.4, 0.5) is 0 Å². The van der Waals surface area contributed by atoms with Crippen LogP contribution in [-0.2, 0) is 22.7 Å². The molecule has 2 heterocycles. The normalized spacial score (nSPS) is 18.3. The number of nitrogens with zero attached hydrogens (tertiary/aromatic N) is 4. The lowest BCUT2D eigenvalue weighted by Crippen LogP contribution is -2.33. The number of methoxy groups -OCH3 is 1. The molecule has 2 N–H and O–H groups in total. The van der Waals surface area contributed by atoms with Gasteiger partial charge in [0.25, 0.3) is 0 Å². The van der Waals surface area contributed by atoms with Crippen LogP contribution in [0, 0.1) is 16.7 Å². The highest BCUT2D eigenvalue weighted by Gasteiger charge is 2.43. The number of halogens is 1. The van der Waals surface area contributed by atoms with Crippen LogP contribution < -0.4 is 15.2 Å². The van der Waals surface area contributed by atoms with Crippen LogP contribution in [0.5, 0.6) is 11.5 Å². The molecule has 0 saturated heterocycles. The number of carbonyl (C=O) groups excluding carboxylic acids is 1. The molecule has 0 spiro atoms. The molecule has 200 valence electrons. The second-order valence-electron chi connectivity index (χ2n) is 10.4. The molecule has 0 fully saturated rings. The summed E-state index contributed by atoms with van der Waals surface area (Å²) in [6, 6.07) is 15.4. The van der Waals surface area contributed by atoms with E-state index in [4.69, 9.17) is 19.9 Å². The lowest BCUT2D eigenvalue weighted by molar-refractivity contribution is -0.119. The average Bonchev–Trinajstić information content (AvgIpc) is 3.33. The van der Waals surface area contributed by atoms with Gasteiger partial charge in [-0.05, 0) is 41.3 Å². The maximum Gasteiger partial charge on any atom is 0.205 e. The predicted octanol–water partition coefficient (Wildman–Crippen LogP) is 5.13. The van der Waals surface area contributed by atoms with Crippen molar-refractivity contribution in [3.05, 3.63) is 92.7 Å². The molecule has 0 saturated carbocycles. The third kappa shape index (κ3) is 5.54. The van der Waals surface area contributed by atoms with E-state index >= 15 is 0 Å². The zero-order chi connectivity index (χ0) is 27.7. The molecule has 0 bridgehead atoms. The fourth-order valence-corrected chi connectivity index (χ4v) is 5.44. The van der Waals surface area contributed by atoms with Crippen LogP contribution in [0.3, 0.4) is 0 Å². The Hall–Kier alpha value is -4.10. The predicted molar refractivity (Wildman–Crippen MR) is 146 cm³/mol. The van der Waals surface area contributed by atoms with E-state index in [-0.39, 0.29) is 29.3 Å². The summed E-state index contributed by atoms with van der Waals surface area (Å²) < 4.78 is 19.8. The number of benzene rings is 2. The molecule has 1 unspecified atom stereocenters. The summed E-state index contributed by atoms with van der Waals surface area (Å²) in [5.74, 6) is 1.06. The SMILES string of the molecule is COc1cccc(Cn2cc(COc3ccc(Br)cc3C3C(C#N)=C(N)OC4=C3C(=O)CC(C)(C)C4)nn2)c1. The summed E-state index contributed by atoms with van der Waals surface area (Å²) in [6.07, 6.45) is 2.72. The number of aromatic nitrogens is 3. The van der Waals surface area contributed by atoms with Crippen LogP contribution in [0.1, 0.15) is 49.4 Å². The number of ether oxygens (including phenoxy) is 3. The van der Waals surface area contributed by atoms with Gasteiger partial charge in [0.05, 0.1) is 25.8 Å². The van der Waals surface area contributed by atoms with Gasteiger partial charge in [0.2, 0.25) is 5.88 Å². The van der Waals surface area contributed by atoms with Gasteiger partial charge in [-0.15, -0.1) is 5.10 Å². The number of carbonyl (C=O) groups is 1. The molecule has 0 amide bonds. The third-order valence-corrected chi connectivity index (χ3v) is 7.29. The number of hydrogen-bond donors (Lipinski definition) is 1. The summed E-state index contributed by atoms with van der Waals surface area (Å²) in [6.45, 7) is 4.70. The maximum atomic E-state index is 13.4. The average molecular weight is 590 g/mol. The lowest BCUT2D eigenvalue weighted by Gasteiger charge is -2.37. The minimum absolute atomic E-state index is 0.0122. The van der Waals surface area contributed by atoms with Gasteiger partial charge in [0, 0.05) is 28.5 Å². The first-order valence-corrected chi connectivity index (χ1v) is 13.2. The van der Waals surface area contributed by atoms with Crippen molar-refractivity contribution in [2.24, 2.45) is 11.1 Å². The van der Waals surface area contributed by atoms with Gasteiger partial charge in [-0.3, -0.25) is 4.79 Å². The molecule has 1 aliphatic carbocycles. The van der Waals surface area contributed by atoms with Gasteiger partial charge >= 0.3 is 0 Å². The molecule has 3 aromatic rings. The molecule has 2 aliphatic rings. The second kappa shape index (κ2) is 10.6. The molecule has 10 heteroatoms. The summed E-state index contributed by atoms with van der Waals surface area (Å²) in [5.41, 5.74) is 8.90. The summed E-state index contributed by atoms with van der Waals surface area (Å²) in [7, 11) is 1.63. The van der Waals surface area contributed by atoms with Crippen LogP contribution in [0.2, 0.25) is 0 Å². The number of rotatable bonds is 7. The van der Waals surface area contributed by atoms with Gasteiger partial charge in [-0.2, -0.15) is 5.26 Å². The van der Waals surface area contributed by atoms with E-state index in [2.05, 4.69) is 32.3 Å². The molecule has 2 aromatic carbocycles. The van der Waals surface area contributed by atoms with E-state index in [9.17, 15) is 10.1 Å². The molecular formula is C29H28BrN5O4. The number of hydrogen-bond acceptors (Lipinski definition) is 8. The van der Waals surface area contributed by atoms with Crippen molar-refractivity contribution in [3.63, 3.8) is 0 Å². The zero-order valence-corrected chi connectivity index (χ0v) is 23.5. The highest BCUT2D eigenvalue weighted by molar-refractivity contribution is 9.10. The molecule has 1 atom stereocenters. The van der Waals surface area contributed by atoms with Gasteiger partial charge in [0.15, 0.2) is 5.78 Å². The zero-order valence-electron chi connectivity index (χ0n) is 21.9. The van der Waals surface area contributed by atoms with Crippen LogP contribution in [0.15, 0.2) is 75.9 Å². The minimum Gasteiger partial charge on any atom is -0.497 e. The summed E-state index contributed by atoms with van der Waals surface area (Å²) in [5, 5.41) is 18.5. The largest absolute Gasteiger partial charge is 0.497 e. The van der Waals surface area contributed by atoms with E-state index in [0.717, 1.165) is 15.8 Å². The van der Waals surface area contributed by atoms with E-state index in [0.29, 0.717) is 47.7 Å². The van der Waals surface area contributed by atoms with Crippen molar-refractivity contribution in [3.8, 4) is 17.6 Å². The lowest BCUT2D eigenvalue weighted by atomic mass is 9.70. The van der Waals surface area contributed by atoms with Gasteiger partial charge in [-0.25, -0.2) is 4.68 Å². The third-order valence-electron chi connectivity index (χ3n) is 6.80. The number of allylic oxidation sites excluding steroid dienone is 3. The first-order valence-electron chi connectivity index (χ1n) is 12.5. The molecule has 1 aromatic heterocycles. The standard InChI is InChI=1S/C29H28BrN5O4/c1-29(2)11-23(36)27-25(12-29)39-28(32)22(13-31)26(27)21-10-18(30)7-8-24(21)38-16-19-15-35(34-33-19)14-17-5-4-6-20(9-17)37-3/h4-10,15,26H,11-12,14,16,32H2,1-3H3. The van der Waals surface area contributed by atoms with Crippen molar-refractivity contribution < 1.29 is 19.0 Å². The topological polar surface area (TPSA) is 125 Å². The van der Waals surface area contributed by atoms with E-state index in [1.165, 1.54) is 0 Å². The fraction of sp³-hybridized carbons (Fsp3) is 0.310. The fourth-order valence-electron chi connectivity index (χ4n) is 5.06. The molecular weight excluding hydrogens is 562 g/mol. The van der Waals surface area contributed by atoms with Gasteiger partial charge in [-0.1, -0.05) is 47.1 Å². The molecule has 39 heavy (non-hydrogen) atoms. The highest BCUT2D eigenvalue weighted by Crippen LogP contribution is 2.49. The Kier molecular flexibility index (Phi) is 7.19. The first-order chi connectivity index (χ1) is 18.7. The van der Waals surface area contributed by atoms with Gasteiger partial charge in [0.1, 0.15) is 41.2 Å². The Morgan fingerprint density at radius 3 is 2.85 bits per heavy atom. The van der Waals surface area contributed by atoms with Crippen LogP contribution in [-0.4, -0.2) is 27.9 Å². The van der Waals surface area contributed by atoms with Crippen LogP contribution >= 0.6 is 15.9 Å². The summed E-state index contributed by atoms with van der Waals surface area (Å²) in [4.78, 5) is 13.4. The van der Waals surface area contributed by atoms with E-state index in [1.807, 2.05) is 56.4 Å². The minimum atomic E-state index is -0.696. The Morgan fingerprint density at radius 1 is 1.26 bits per heavy atom. The Balaban J connectivity index is 1.43. The maximum absolute atomic E-state index is 13.4. The van der Waals surface area contributed by atoms with Crippen molar-refractivity contribution in [2.45, 2.75) is 45.8 Å². The molecule has 1 aliphatic heterocycles. The summed E-state index contributed by atoms with van der Waals surface area (Å²) >= 11 is 3.53.